The molecule has 110 valence electrons. The third kappa shape index (κ3) is 4.00. The molecule has 0 spiro atoms. The lowest BCUT2D eigenvalue weighted by Gasteiger charge is -2.25. The van der Waals surface area contributed by atoms with Crippen LogP contribution in [0.1, 0.15) is 22.3 Å². The highest BCUT2D eigenvalue weighted by atomic mass is 16.1. The molecule has 0 aliphatic carbocycles. The number of hydrogen-bond donors (Lipinski definition) is 2. The first-order chi connectivity index (χ1) is 10.2. The van der Waals surface area contributed by atoms with E-state index >= 15 is 0 Å². The average molecular weight is 285 g/mol. The Balaban J connectivity index is 2.29. The molecule has 0 fully saturated rings. The summed E-state index contributed by atoms with van der Waals surface area (Å²) in [7, 11) is 0. The van der Waals surface area contributed by atoms with E-state index in [0.29, 0.717) is 31.0 Å². The lowest BCUT2D eigenvalue weighted by atomic mass is 10.2. The fourth-order valence-electron chi connectivity index (χ4n) is 2.10. The second-order valence-electron chi connectivity index (χ2n) is 4.66. The number of carbonyl (C=O) groups excluding carboxylic acids is 1. The Morgan fingerprint density at radius 3 is 2.71 bits per heavy atom. The predicted octanol–water partition coefficient (Wildman–Crippen LogP) is 0.931. The summed E-state index contributed by atoms with van der Waals surface area (Å²) in [5, 5.41) is 0. The summed E-state index contributed by atoms with van der Waals surface area (Å²) in [4.78, 5) is 22.0. The Labute approximate surface area is 123 Å². The van der Waals surface area contributed by atoms with Gasteiger partial charge in [-0.15, -0.1) is 0 Å². The molecular formula is C15H19N5O. The third-order valence-corrected chi connectivity index (χ3v) is 3.08. The maximum atomic E-state index is 11.6. The van der Waals surface area contributed by atoms with Gasteiger partial charge >= 0.3 is 0 Å². The Kier molecular flexibility index (Phi) is 5.22. The zero-order valence-electron chi connectivity index (χ0n) is 11.8. The highest BCUT2D eigenvalue weighted by molar-refractivity contribution is 5.97. The average Bonchev–Trinajstić information content (AvgIpc) is 2.52. The molecule has 0 aliphatic rings. The van der Waals surface area contributed by atoms with E-state index in [1.807, 2.05) is 17.0 Å². The number of carbonyl (C=O) groups is 1. The number of pyridine rings is 2. The first-order valence-corrected chi connectivity index (χ1v) is 6.81. The number of nitrogens with zero attached hydrogens (tertiary/aromatic N) is 3. The molecule has 0 radical (unpaired) electrons. The number of aromatic nitrogens is 2. The number of rotatable bonds is 7. The van der Waals surface area contributed by atoms with Crippen molar-refractivity contribution >= 4 is 11.7 Å². The first kappa shape index (κ1) is 14.9. The van der Waals surface area contributed by atoms with Gasteiger partial charge in [-0.2, -0.15) is 0 Å². The minimum atomic E-state index is -0.484. The summed E-state index contributed by atoms with van der Waals surface area (Å²) in [5.74, 6) is 0.101. The van der Waals surface area contributed by atoms with Gasteiger partial charge in [0, 0.05) is 31.7 Å². The van der Waals surface area contributed by atoms with Crippen molar-refractivity contribution in [1.82, 2.24) is 9.97 Å². The maximum Gasteiger partial charge on any atom is 0.252 e. The van der Waals surface area contributed by atoms with Crippen LogP contribution in [0.4, 0.5) is 5.82 Å². The Bertz CT molecular complexity index is 588. The first-order valence-electron chi connectivity index (χ1n) is 6.81. The van der Waals surface area contributed by atoms with Crippen LogP contribution in [-0.2, 0) is 6.54 Å². The van der Waals surface area contributed by atoms with E-state index in [1.165, 1.54) is 0 Å². The van der Waals surface area contributed by atoms with Crippen molar-refractivity contribution in [3.8, 4) is 0 Å². The number of hydrogen-bond acceptors (Lipinski definition) is 5. The van der Waals surface area contributed by atoms with Crippen LogP contribution in [0.5, 0.6) is 0 Å². The molecule has 0 saturated heterocycles. The molecule has 2 heterocycles. The van der Waals surface area contributed by atoms with Crippen LogP contribution in [0.3, 0.4) is 0 Å². The maximum absolute atomic E-state index is 11.6. The minimum Gasteiger partial charge on any atom is -0.365 e. The number of primary amides is 1. The molecule has 6 heteroatoms. The Hall–Kier alpha value is -2.47. The van der Waals surface area contributed by atoms with Crippen molar-refractivity contribution < 1.29 is 4.79 Å². The van der Waals surface area contributed by atoms with E-state index in [9.17, 15) is 4.79 Å². The SMILES string of the molecule is NCCCN(Cc1cccnc1)c1ncccc1C(N)=O. The molecule has 0 unspecified atom stereocenters. The number of nitrogens with two attached hydrogens (primary N) is 2. The van der Waals surface area contributed by atoms with Gasteiger partial charge < -0.3 is 16.4 Å². The standard InChI is InChI=1S/C15H19N5O/c16-6-3-9-20(11-12-4-1-7-18-10-12)15-13(14(17)21)5-2-8-19-15/h1-2,4-5,7-8,10H,3,6,9,11,16H2,(H2,17,21). The number of anilines is 1. The van der Waals surface area contributed by atoms with Crippen LogP contribution in [0.25, 0.3) is 0 Å². The Morgan fingerprint density at radius 2 is 2.05 bits per heavy atom. The van der Waals surface area contributed by atoms with E-state index in [2.05, 4.69) is 9.97 Å². The van der Waals surface area contributed by atoms with Crippen LogP contribution >= 0.6 is 0 Å². The summed E-state index contributed by atoms with van der Waals surface area (Å²) < 4.78 is 0. The van der Waals surface area contributed by atoms with Crippen LogP contribution in [0.2, 0.25) is 0 Å². The highest BCUT2D eigenvalue weighted by Gasteiger charge is 2.16. The molecule has 6 nitrogen and oxygen atoms in total. The van der Waals surface area contributed by atoms with Gasteiger partial charge in [0.1, 0.15) is 5.82 Å². The molecule has 2 aromatic heterocycles. The molecule has 0 aliphatic heterocycles. The molecule has 2 rings (SSSR count). The molecule has 2 aromatic rings. The molecule has 0 saturated carbocycles. The van der Waals surface area contributed by atoms with Gasteiger partial charge in [-0.3, -0.25) is 9.78 Å². The Morgan fingerprint density at radius 1 is 1.24 bits per heavy atom. The van der Waals surface area contributed by atoms with E-state index in [-0.39, 0.29) is 0 Å². The van der Waals surface area contributed by atoms with Gasteiger partial charge in [0.2, 0.25) is 0 Å². The molecule has 0 aromatic carbocycles. The van der Waals surface area contributed by atoms with Crippen LogP contribution in [0, 0.1) is 0 Å². The monoisotopic (exact) mass is 285 g/mol. The zero-order chi connectivity index (χ0) is 15.1. The fraction of sp³-hybridized carbons (Fsp3) is 0.267. The summed E-state index contributed by atoms with van der Waals surface area (Å²) in [6.45, 7) is 1.87. The van der Waals surface area contributed by atoms with Crippen LogP contribution in [0.15, 0.2) is 42.9 Å². The summed E-state index contributed by atoms with van der Waals surface area (Å²) in [6.07, 6.45) is 5.97. The predicted molar refractivity (Wildman–Crippen MR) is 81.7 cm³/mol. The molecule has 0 bridgehead atoms. The summed E-state index contributed by atoms with van der Waals surface area (Å²) >= 11 is 0. The van der Waals surface area contributed by atoms with Crippen molar-refractivity contribution in [3.05, 3.63) is 54.0 Å². The fourth-order valence-corrected chi connectivity index (χ4v) is 2.10. The molecule has 4 N–H and O–H groups in total. The van der Waals surface area contributed by atoms with E-state index in [0.717, 1.165) is 12.0 Å². The molecule has 0 atom stereocenters. The van der Waals surface area contributed by atoms with Crippen molar-refractivity contribution in [3.63, 3.8) is 0 Å². The van der Waals surface area contributed by atoms with Gasteiger partial charge in [-0.05, 0) is 36.7 Å². The second-order valence-corrected chi connectivity index (χ2v) is 4.66. The largest absolute Gasteiger partial charge is 0.365 e. The van der Waals surface area contributed by atoms with Crippen molar-refractivity contribution in [1.29, 1.82) is 0 Å². The van der Waals surface area contributed by atoms with Crippen molar-refractivity contribution in [2.75, 3.05) is 18.0 Å². The number of amides is 1. The lowest BCUT2D eigenvalue weighted by Crippen LogP contribution is -2.29. The zero-order valence-corrected chi connectivity index (χ0v) is 11.8. The molecule has 21 heavy (non-hydrogen) atoms. The van der Waals surface area contributed by atoms with Gasteiger partial charge in [0.25, 0.3) is 5.91 Å². The highest BCUT2D eigenvalue weighted by Crippen LogP contribution is 2.19. The van der Waals surface area contributed by atoms with E-state index < -0.39 is 5.91 Å². The van der Waals surface area contributed by atoms with Crippen molar-refractivity contribution in [2.24, 2.45) is 11.5 Å². The minimum absolute atomic E-state index is 0.415. The second kappa shape index (κ2) is 7.35. The van der Waals surface area contributed by atoms with Gasteiger partial charge in [0.15, 0.2) is 0 Å². The smallest absolute Gasteiger partial charge is 0.252 e. The van der Waals surface area contributed by atoms with Crippen molar-refractivity contribution in [2.45, 2.75) is 13.0 Å². The third-order valence-electron chi connectivity index (χ3n) is 3.08. The van der Waals surface area contributed by atoms with Gasteiger partial charge in [0.05, 0.1) is 5.56 Å². The van der Waals surface area contributed by atoms with Crippen LogP contribution < -0.4 is 16.4 Å². The topological polar surface area (TPSA) is 98.1 Å². The van der Waals surface area contributed by atoms with Gasteiger partial charge in [-0.1, -0.05) is 6.07 Å². The van der Waals surface area contributed by atoms with Crippen LogP contribution in [-0.4, -0.2) is 29.0 Å². The normalized spacial score (nSPS) is 10.3. The lowest BCUT2D eigenvalue weighted by molar-refractivity contribution is 0.100. The quantitative estimate of drug-likeness (QED) is 0.788. The van der Waals surface area contributed by atoms with E-state index in [1.54, 1.807) is 30.7 Å². The van der Waals surface area contributed by atoms with Gasteiger partial charge in [-0.25, -0.2) is 4.98 Å². The van der Waals surface area contributed by atoms with E-state index in [4.69, 9.17) is 11.5 Å². The summed E-state index contributed by atoms with van der Waals surface area (Å²) in [5.41, 5.74) is 12.5. The molecular weight excluding hydrogens is 266 g/mol. The molecule has 1 amide bonds. The summed E-state index contributed by atoms with van der Waals surface area (Å²) in [6, 6.07) is 7.25.